The van der Waals surface area contributed by atoms with Crippen molar-refractivity contribution in [2.75, 3.05) is 0 Å². The highest BCUT2D eigenvalue weighted by Gasteiger charge is 2.48. The van der Waals surface area contributed by atoms with Crippen molar-refractivity contribution in [2.45, 2.75) is 75.5 Å². The molecule has 4 fully saturated rings. The fraction of sp³-hybridized carbons (Fsp3) is 1.00. The van der Waals surface area contributed by atoms with Crippen molar-refractivity contribution in [1.29, 1.82) is 0 Å². The standard InChI is InChI=1S/C12H24B2N4/c1-2-6-10-9(5-1)15-13-14(16-10)18-12-8-4-3-7-11(12)17-13/h9-12,15-18H,1-8H2/t9-,10-,11+,12+. The van der Waals surface area contributed by atoms with Crippen LogP contribution in [0.3, 0.4) is 0 Å². The maximum absolute atomic E-state index is 3.85. The third-order valence-corrected chi connectivity index (χ3v) is 5.44. The summed E-state index contributed by atoms with van der Waals surface area (Å²) in [5.74, 6) is 0. The first-order valence-electron chi connectivity index (χ1n) is 7.94. The molecule has 0 radical (unpaired) electrons. The third kappa shape index (κ3) is 2.03. The van der Waals surface area contributed by atoms with Crippen LogP contribution in [-0.2, 0) is 0 Å². The zero-order chi connectivity index (χ0) is 11.9. The molecule has 2 aliphatic heterocycles. The van der Waals surface area contributed by atoms with Gasteiger partial charge in [0.1, 0.15) is 0 Å². The van der Waals surface area contributed by atoms with Crippen LogP contribution in [0.25, 0.3) is 0 Å². The van der Waals surface area contributed by atoms with Gasteiger partial charge in [-0.05, 0) is 25.7 Å². The van der Waals surface area contributed by atoms with Gasteiger partial charge in [-0.15, -0.1) is 0 Å². The summed E-state index contributed by atoms with van der Waals surface area (Å²) in [7, 11) is 0. The lowest BCUT2D eigenvalue weighted by molar-refractivity contribution is 0.301. The Bertz CT molecular complexity index is 258. The van der Waals surface area contributed by atoms with Crippen LogP contribution >= 0.6 is 0 Å². The average Bonchev–Trinajstić information content (AvgIpc) is 2.42. The van der Waals surface area contributed by atoms with Crippen molar-refractivity contribution in [3.63, 3.8) is 0 Å². The molecule has 0 aromatic rings. The number of hydrogen-bond donors (Lipinski definition) is 4. The van der Waals surface area contributed by atoms with Crippen LogP contribution in [0.15, 0.2) is 0 Å². The Morgan fingerprint density at radius 1 is 0.500 bits per heavy atom. The van der Waals surface area contributed by atoms with E-state index in [1.165, 1.54) is 51.4 Å². The molecule has 4 atom stereocenters. The molecule has 4 rings (SSSR count). The summed E-state index contributed by atoms with van der Waals surface area (Å²) in [6, 6.07) is 2.76. The minimum Gasteiger partial charge on any atom is -0.342 e. The van der Waals surface area contributed by atoms with Gasteiger partial charge in [-0.2, -0.15) is 0 Å². The summed E-state index contributed by atoms with van der Waals surface area (Å²) in [6.07, 6.45) is 11.0. The second kappa shape index (κ2) is 4.82. The second-order valence-electron chi connectivity index (χ2n) is 6.62. The lowest BCUT2D eigenvalue weighted by Gasteiger charge is -2.50. The highest BCUT2D eigenvalue weighted by Crippen LogP contribution is 2.25. The van der Waals surface area contributed by atoms with Crippen LogP contribution in [-0.4, -0.2) is 37.9 Å². The predicted octanol–water partition coefficient (Wildman–Crippen LogP) is 0.0492. The minimum absolute atomic E-state index is 0.434. The van der Waals surface area contributed by atoms with Crippen LogP contribution in [0.4, 0.5) is 0 Å². The molecule has 4 nitrogen and oxygen atoms in total. The number of hydrogen-bond acceptors (Lipinski definition) is 4. The Hall–Kier alpha value is -0.0301. The Morgan fingerprint density at radius 2 is 0.778 bits per heavy atom. The fourth-order valence-electron chi connectivity index (χ4n) is 4.46. The van der Waals surface area contributed by atoms with Crippen molar-refractivity contribution < 1.29 is 0 Å². The van der Waals surface area contributed by atoms with E-state index in [1.807, 2.05) is 0 Å². The summed E-state index contributed by atoms with van der Waals surface area (Å²) in [5.41, 5.74) is 0. The van der Waals surface area contributed by atoms with Gasteiger partial charge in [0, 0.05) is 24.2 Å². The van der Waals surface area contributed by atoms with Crippen molar-refractivity contribution in [3.05, 3.63) is 0 Å². The van der Waals surface area contributed by atoms with Gasteiger partial charge in [-0.3, -0.25) is 0 Å². The minimum atomic E-state index is 0.434. The molecule has 2 aliphatic carbocycles. The van der Waals surface area contributed by atoms with E-state index in [-0.39, 0.29) is 0 Å². The highest BCUT2D eigenvalue weighted by atomic mass is 15.2. The summed E-state index contributed by atoms with van der Waals surface area (Å²) < 4.78 is 0. The molecule has 4 N–H and O–H groups in total. The van der Waals surface area contributed by atoms with E-state index < -0.39 is 0 Å². The lowest BCUT2D eigenvalue weighted by Crippen LogP contribution is -2.86. The number of rotatable bonds is 0. The summed E-state index contributed by atoms with van der Waals surface area (Å²) in [4.78, 5) is 0. The maximum atomic E-state index is 3.85. The first-order valence-corrected chi connectivity index (χ1v) is 7.94. The van der Waals surface area contributed by atoms with Crippen LogP contribution in [0.2, 0.25) is 0 Å². The van der Waals surface area contributed by atoms with E-state index in [2.05, 4.69) is 20.9 Å². The van der Waals surface area contributed by atoms with Gasteiger partial charge in [-0.25, -0.2) is 0 Å². The van der Waals surface area contributed by atoms with Crippen molar-refractivity contribution >= 4 is 13.7 Å². The Morgan fingerprint density at radius 3 is 1.06 bits per heavy atom. The summed E-state index contributed by atoms with van der Waals surface area (Å²) in [5, 5.41) is 15.4. The van der Waals surface area contributed by atoms with Gasteiger partial charge in [0.05, 0.1) is 0 Å². The van der Waals surface area contributed by atoms with E-state index in [0.29, 0.717) is 37.9 Å². The predicted molar refractivity (Wildman–Crippen MR) is 76.1 cm³/mol. The fourth-order valence-corrected chi connectivity index (χ4v) is 4.46. The molecule has 2 saturated carbocycles. The molecule has 4 aliphatic rings. The van der Waals surface area contributed by atoms with Crippen molar-refractivity contribution in [1.82, 2.24) is 20.9 Å². The molecule has 2 heterocycles. The quantitative estimate of drug-likeness (QED) is 0.456. The van der Waals surface area contributed by atoms with Gasteiger partial charge < -0.3 is 20.9 Å². The molecular formula is C12H24B2N4. The number of nitrogens with one attached hydrogen (secondary N) is 4. The average molecular weight is 246 g/mol. The third-order valence-electron chi connectivity index (χ3n) is 5.44. The zero-order valence-electron chi connectivity index (χ0n) is 11.1. The molecule has 0 aromatic carbocycles. The molecule has 0 unspecified atom stereocenters. The van der Waals surface area contributed by atoms with Gasteiger partial charge in [0.25, 0.3) is 0 Å². The first kappa shape index (κ1) is 11.8. The van der Waals surface area contributed by atoms with E-state index in [1.54, 1.807) is 0 Å². The van der Waals surface area contributed by atoms with Crippen molar-refractivity contribution in [2.24, 2.45) is 0 Å². The molecule has 0 spiro atoms. The van der Waals surface area contributed by atoms with E-state index in [9.17, 15) is 0 Å². The zero-order valence-corrected chi connectivity index (χ0v) is 11.1. The normalized spacial score (nSPS) is 44.0. The summed E-state index contributed by atoms with van der Waals surface area (Å²) in [6.45, 7) is 0.868. The molecule has 2 saturated heterocycles. The van der Waals surface area contributed by atoms with Gasteiger partial charge in [0.2, 0.25) is 0 Å². The van der Waals surface area contributed by atoms with Gasteiger partial charge >= 0.3 is 13.7 Å². The maximum Gasteiger partial charge on any atom is 0.307 e. The lowest BCUT2D eigenvalue weighted by atomic mass is 9.30. The van der Waals surface area contributed by atoms with Gasteiger partial charge in [0.15, 0.2) is 0 Å². The Kier molecular flexibility index (Phi) is 3.15. The van der Waals surface area contributed by atoms with Crippen molar-refractivity contribution in [3.8, 4) is 0 Å². The SMILES string of the molecule is C1CC[C@@H]2NB3N[C@@H]4CCCC[C@H]4NB3N[C@H]2C1. The van der Waals surface area contributed by atoms with Crippen LogP contribution in [0.5, 0.6) is 0 Å². The van der Waals surface area contributed by atoms with E-state index in [4.69, 9.17) is 0 Å². The molecule has 18 heavy (non-hydrogen) atoms. The molecular weight excluding hydrogens is 222 g/mol. The van der Waals surface area contributed by atoms with Crippen LogP contribution in [0.1, 0.15) is 51.4 Å². The molecule has 6 heteroatoms. The van der Waals surface area contributed by atoms with Gasteiger partial charge in [-0.1, -0.05) is 25.7 Å². The summed E-state index contributed by atoms with van der Waals surface area (Å²) >= 11 is 0. The molecule has 0 amide bonds. The van der Waals surface area contributed by atoms with E-state index in [0.717, 1.165) is 0 Å². The second-order valence-corrected chi connectivity index (χ2v) is 6.62. The Labute approximate surface area is 111 Å². The first-order chi connectivity index (χ1) is 8.90. The molecule has 98 valence electrons. The monoisotopic (exact) mass is 246 g/mol. The number of fused-ring (bicyclic) bond motifs is 3. The Balaban J connectivity index is 1.46. The highest BCUT2D eigenvalue weighted by molar-refractivity contribution is 7.18. The van der Waals surface area contributed by atoms with E-state index >= 15 is 0 Å². The van der Waals surface area contributed by atoms with Crippen LogP contribution in [0, 0.1) is 0 Å². The molecule has 0 aromatic heterocycles. The largest absolute Gasteiger partial charge is 0.342 e. The van der Waals surface area contributed by atoms with Crippen LogP contribution < -0.4 is 20.9 Å². The molecule has 0 bridgehead atoms. The smallest absolute Gasteiger partial charge is 0.307 e. The topological polar surface area (TPSA) is 48.1 Å².